The van der Waals surface area contributed by atoms with E-state index in [0.29, 0.717) is 32.9 Å². The second-order valence-electron chi connectivity index (χ2n) is 4.83. The van der Waals surface area contributed by atoms with Gasteiger partial charge in [-0.1, -0.05) is 23.2 Å². The minimum atomic E-state index is -0.333. The molecule has 122 valence electrons. The van der Waals surface area contributed by atoms with E-state index in [1.165, 1.54) is 7.11 Å². The third-order valence-corrected chi connectivity index (χ3v) is 3.55. The Kier molecular flexibility index (Phi) is 5.58. The van der Waals surface area contributed by atoms with E-state index >= 15 is 0 Å². The van der Waals surface area contributed by atoms with Crippen LogP contribution in [0.15, 0.2) is 30.3 Å². The molecule has 0 aromatic heterocycles. The van der Waals surface area contributed by atoms with Gasteiger partial charge in [0.2, 0.25) is 0 Å². The second-order valence-corrected chi connectivity index (χ2v) is 5.67. The zero-order valence-corrected chi connectivity index (χ0v) is 14.2. The summed E-state index contributed by atoms with van der Waals surface area (Å²) in [5, 5.41) is 3.56. The third kappa shape index (κ3) is 4.43. The maximum Gasteiger partial charge on any atom is 0.262 e. The quantitative estimate of drug-likeness (QED) is 0.798. The molecule has 2 aromatic rings. The highest BCUT2D eigenvalue weighted by atomic mass is 35.5. The van der Waals surface area contributed by atoms with Gasteiger partial charge in [-0.2, -0.15) is 0 Å². The Labute approximate surface area is 144 Å². The Morgan fingerprint density at radius 2 is 2.00 bits per heavy atom. The molecule has 0 fully saturated rings. The van der Waals surface area contributed by atoms with Gasteiger partial charge in [-0.15, -0.1) is 0 Å². The average molecular weight is 355 g/mol. The summed E-state index contributed by atoms with van der Waals surface area (Å²) in [5.74, 6) is 0.642. The lowest BCUT2D eigenvalue weighted by Crippen LogP contribution is -2.20. The van der Waals surface area contributed by atoms with Crippen LogP contribution in [0.2, 0.25) is 10.0 Å². The van der Waals surface area contributed by atoms with Crippen LogP contribution in [0.25, 0.3) is 0 Å². The van der Waals surface area contributed by atoms with Gasteiger partial charge in [0.15, 0.2) is 6.61 Å². The molecule has 23 heavy (non-hydrogen) atoms. The van der Waals surface area contributed by atoms with Crippen molar-refractivity contribution in [3.05, 3.63) is 45.9 Å². The summed E-state index contributed by atoms with van der Waals surface area (Å²) < 4.78 is 10.5. The number of carbonyl (C=O) groups is 1. The summed E-state index contributed by atoms with van der Waals surface area (Å²) >= 11 is 12.0. The van der Waals surface area contributed by atoms with Crippen molar-refractivity contribution < 1.29 is 14.3 Å². The van der Waals surface area contributed by atoms with E-state index in [-0.39, 0.29) is 12.5 Å². The predicted molar refractivity (Wildman–Crippen MR) is 92.7 cm³/mol. The number of hydrogen-bond acceptors (Lipinski definition) is 4. The number of aryl methyl sites for hydroxylation is 1. The normalized spacial score (nSPS) is 10.3. The van der Waals surface area contributed by atoms with Crippen LogP contribution >= 0.6 is 23.2 Å². The molecule has 0 heterocycles. The van der Waals surface area contributed by atoms with Gasteiger partial charge in [-0.05, 0) is 42.8 Å². The van der Waals surface area contributed by atoms with Crippen LogP contribution < -0.4 is 20.5 Å². The summed E-state index contributed by atoms with van der Waals surface area (Å²) in [6.45, 7) is 1.61. The van der Waals surface area contributed by atoms with E-state index < -0.39 is 0 Å². The fourth-order valence-corrected chi connectivity index (χ4v) is 2.67. The molecule has 3 N–H and O–H groups in total. The highest BCUT2D eigenvalue weighted by Crippen LogP contribution is 2.31. The zero-order chi connectivity index (χ0) is 17.0. The number of methoxy groups -OCH3 is 1. The molecule has 0 unspecified atom stereocenters. The van der Waals surface area contributed by atoms with E-state index in [1.807, 2.05) is 0 Å². The Morgan fingerprint density at radius 1 is 1.26 bits per heavy atom. The summed E-state index contributed by atoms with van der Waals surface area (Å²) in [6, 6.07) is 8.25. The first-order valence-electron chi connectivity index (χ1n) is 6.72. The molecule has 0 spiro atoms. The molecule has 0 atom stereocenters. The van der Waals surface area contributed by atoms with E-state index in [2.05, 4.69) is 5.32 Å². The van der Waals surface area contributed by atoms with Crippen LogP contribution in [0, 0.1) is 6.92 Å². The van der Waals surface area contributed by atoms with Crippen molar-refractivity contribution >= 4 is 40.5 Å². The summed E-state index contributed by atoms with van der Waals surface area (Å²) in [4.78, 5) is 12.0. The third-order valence-electron chi connectivity index (χ3n) is 3.06. The molecule has 5 nitrogen and oxygen atoms in total. The highest BCUT2D eigenvalue weighted by molar-refractivity contribution is 6.35. The number of nitrogens with two attached hydrogens (primary N) is 1. The Hall–Kier alpha value is -2.11. The van der Waals surface area contributed by atoms with Crippen LogP contribution in [0.4, 0.5) is 11.4 Å². The van der Waals surface area contributed by atoms with Gasteiger partial charge >= 0.3 is 0 Å². The molecule has 1 amide bonds. The molecule has 0 radical (unpaired) electrons. The monoisotopic (exact) mass is 354 g/mol. The molecule has 0 aliphatic heterocycles. The number of amides is 1. The predicted octanol–water partition coefficient (Wildman–Crippen LogP) is 3.91. The summed E-state index contributed by atoms with van der Waals surface area (Å²) in [5.41, 5.74) is 7.53. The molecule has 7 heteroatoms. The van der Waals surface area contributed by atoms with E-state index in [9.17, 15) is 4.79 Å². The lowest BCUT2D eigenvalue weighted by molar-refractivity contribution is -0.118. The summed E-state index contributed by atoms with van der Waals surface area (Å²) in [7, 11) is 1.52. The fourth-order valence-electron chi connectivity index (χ4n) is 2.02. The molecular weight excluding hydrogens is 339 g/mol. The standard InChI is InChI=1S/C16H16Cl2N2O3/c1-9-5-10(17)6-12(18)16(9)23-8-15(21)20-11-3-4-14(22-2)13(19)7-11/h3-7H,8,19H2,1-2H3,(H,20,21). The first-order valence-corrected chi connectivity index (χ1v) is 7.48. The molecule has 0 bridgehead atoms. The van der Waals surface area contributed by atoms with Gasteiger partial charge in [0, 0.05) is 10.7 Å². The molecule has 2 aromatic carbocycles. The first-order chi connectivity index (χ1) is 10.9. The second kappa shape index (κ2) is 7.44. The van der Waals surface area contributed by atoms with Gasteiger partial charge in [0.25, 0.3) is 5.91 Å². The van der Waals surface area contributed by atoms with Gasteiger partial charge in [0.05, 0.1) is 17.8 Å². The number of nitrogens with one attached hydrogen (secondary N) is 1. The van der Waals surface area contributed by atoms with E-state index in [4.69, 9.17) is 38.4 Å². The lowest BCUT2D eigenvalue weighted by atomic mass is 10.2. The highest BCUT2D eigenvalue weighted by Gasteiger charge is 2.11. The first kappa shape index (κ1) is 17.2. The lowest BCUT2D eigenvalue weighted by Gasteiger charge is -2.12. The van der Waals surface area contributed by atoms with Gasteiger partial charge in [-0.25, -0.2) is 0 Å². The van der Waals surface area contributed by atoms with E-state index in [0.717, 1.165) is 5.56 Å². The number of nitrogen functional groups attached to an aromatic ring is 1. The Morgan fingerprint density at radius 3 is 2.61 bits per heavy atom. The van der Waals surface area contributed by atoms with Crippen molar-refractivity contribution in [2.24, 2.45) is 0 Å². The number of ether oxygens (including phenoxy) is 2. The van der Waals surface area contributed by atoms with Crippen molar-refractivity contribution in [2.45, 2.75) is 6.92 Å². The van der Waals surface area contributed by atoms with Crippen LogP contribution in [-0.4, -0.2) is 19.6 Å². The van der Waals surface area contributed by atoms with Crippen LogP contribution in [0.3, 0.4) is 0 Å². The number of halogens is 2. The van der Waals surface area contributed by atoms with Crippen molar-refractivity contribution in [2.75, 3.05) is 24.8 Å². The minimum Gasteiger partial charge on any atom is -0.495 e. The molecular formula is C16H16Cl2N2O3. The van der Waals surface area contributed by atoms with Crippen LogP contribution in [0.1, 0.15) is 5.56 Å². The van der Waals surface area contributed by atoms with Gasteiger partial charge < -0.3 is 20.5 Å². The molecule has 0 aliphatic rings. The molecule has 2 rings (SSSR count). The van der Waals surface area contributed by atoms with Gasteiger partial charge in [0.1, 0.15) is 11.5 Å². The van der Waals surface area contributed by atoms with Crippen molar-refractivity contribution in [1.82, 2.24) is 0 Å². The maximum absolute atomic E-state index is 12.0. The van der Waals surface area contributed by atoms with Crippen LogP contribution in [0.5, 0.6) is 11.5 Å². The number of carbonyl (C=O) groups excluding carboxylic acids is 1. The molecule has 0 saturated carbocycles. The average Bonchev–Trinajstić information content (AvgIpc) is 2.46. The van der Waals surface area contributed by atoms with Crippen molar-refractivity contribution in [3.8, 4) is 11.5 Å². The van der Waals surface area contributed by atoms with Crippen LogP contribution in [-0.2, 0) is 4.79 Å². The topological polar surface area (TPSA) is 73.6 Å². The molecule has 0 aliphatic carbocycles. The number of hydrogen-bond donors (Lipinski definition) is 2. The van der Waals surface area contributed by atoms with Crippen molar-refractivity contribution in [3.63, 3.8) is 0 Å². The SMILES string of the molecule is COc1ccc(NC(=O)COc2c(C)cc(Cl)cc2Cl)cc1N. The minimum absolute atomic E-state index is 0.186. The maximum atomic E-state index is 12.0. The Bertz CT molecular complexity index is 712. The zero-order valence-electron chi connectivity index (χ0n) is 12.7. The summed E-state index contributed by atoms with van der Waals surface area (Å²) in [6.07, 6.45) is 0. The smallest absolute Gasteiger partial charge is 0.262 e. The van der Waals surface area contributed by atoms with Gasteiger partial charge in [-0.3, -0.25) is 4.79 Å². The molecule has 0 saturated heterocycles. The van der Waals surface area contributed by atoms with Crippen molar-refractivity contribution in [1.29, 1.82) is 0 Å². The number of benzene rings is 2. The number of rotatable bonds is 5. The number of anilines is 2. The largest absolute Gasteiger partial charge is 0.495 e. The fraction of sp³-hybridized carbons (Fsp3) is 0.188. The Balaban J connectivity index is 1.99. The van der Waals surface area contributed by atoms with E-state index in [1.54, 1.807) is 37.3 Å².